The third kappa shape index (κ3) is 2.71. The van der Waals surface area contributed by atoms with Crippen molar-refractivity contribution in [2.24, 2.45) is 0 Å². The van der Waals surface area contributed by atoms with Crippen molar-refractivity contribution < 1.29 is 4.92 Å². The summed E-state index contributed by atoms with van der Waals surface area (Å²) >= 11 is 0. The quantitative estimate of drug-likeness (QED) is 0.634. The number of rotatable bonds is 3. The number of nitrogens with one attached hydrogen (secondary N) is 1. The van der Waals surface area contributed by atoms with Crippen LogP contribution in [-0.2, 0) is 0 Å². The van der Waals surface area contributed by atoms with E-state index in [9.17, 15) is 10.1 Å². The summed E-state index contributed by atoms with van der Waals surface area (Å²) in [5.41, 5.74) is 0.852. The molecule has 1 saturated heterocycles. The van der Waals surface area contributed by atoms with Crippen LogP contribution in [-0.4, -0.2) is 41.0 Å². The molecule has 1 N–H and O–H groups in total. The number of pyridine rings is 1. The monoisotopic (exact) mass is 236 g/mol. The van der Waals surface area contributed by atoms with E-state index in [1.807, 2.05) is 7.05 Å². The van der Waals surface area contributed by atoms with Crippen LogP contribution in [0.3, 0.4) is 0 Å². The lowest BCUT2D eigenvalue weighted by Crippen LogP contribution is -2.24. The molecule has 0 bridgehead atoms. The summed E-state index contributed by atoms with van der Waals surface area (Å²) in [6.45, 7) is 3.71. The van der Waals surface area contributed by atoms with Crippen LogP contribution in [0.4, 0.5) is 11.5 Å². The van der Waals surface area contributed by atoms with Crippen molar-refractivity contribution in [2.45, 2.75) is 19.4 Å². The minimum absolute atomic E-state index is 0.0551. The average molecular weight is 236 g/mol. The highest BCUT2D eigenvalue weighted by atomic mass is 16.6. The molecule has 0 aliphatic carbocycles. The Morgan fingerprint density at radius 1 is 1.65 bits per heavy atom. The van der Waals surface area contributed by atoms with Gasteiger partial charge in [0, 0.05) is 24.8 Å². The van der Waals surface area contributed by atoms with Crippen molar-refractivity contribution in [3.05, 3.63) is 27.9 Å². The summed E-state index contributed by atoms with van der Waals surface area (Å²) in [5, 5.41) is 14.1. The number of aromatic nitrogens is 1. The van der Waals surface area contributed by atoms with Gasteiger partial charge in [-0.3, -0.25) is 10.1 Å². The maximum Gasteiger partial charge on any atom is 0.311 e. The van der Waals surface area contributed by atoms with Crippen molar-refractivity contribution >= 4 is 11.5 Å². The third-order valence-electron chi connectivity index (χ3n) is 2.93. The molecule has 0 saturated carbocycles. The molecule has 1 unspecified atom stereocenters. The molecule has 2 rings (SSSR count). The number of nitro groups is 1. The molecule has 6 heteroatoms. The van der Waals surface area contributed by atoms with Gasteiger partial charge in [0.15, 0.2) is 0 Å². The fourth-order valence-corrected chi connectivity index (χ4v) is 2.05. The molecule has 92 valence electrons. The lowest BCUT2D eigenvalue weighted by atomic mass is 10.2. The number of aryl methyl sites for hydroxylation is 1. The zero-order valence-corrected chi connectivity index (χ0v) is 10.0. The number of hydrogen-bond acceptors (Lipinski definition) is 5. The smallest absolute Gasteiger partial charge is 0.311 e. The van der Waals surface area contributed by atoms with Crippen LogP contribution in [0, 0.1) is 17.0 Å². The van der Waals surface area contributed by atoms with E-state index in [0.29, 0.717) is 5.82 Å². The summed E-state index contributed by atoms with van der Waals surface area (Å²) < 4.78 is 0. The molecule has 1 aliphatic rings. The van der Waals surface area contributed by atoms with Gasteiger partial charge in [-0.05, 0) is 32.5 Å². The predicted octanol–water partition coefficient (Wildman–Crippen LogP) is 1.41. The number of nitrogens with zero attached hydrogens (tertiary/aromatic N) is 3. The first-order chi connectivity index (χ1) is 8.06. The Hall–Kier alpha value is -1.69. The average Bonchev–Trinajstić information content (AvgIpc) is 2.66. The van der Waals surface area contributed by atoms with Gasteiger partial charge in [0.1, 0.15) is 0 Å². The Balaban J connectivity index is 2.17. The van der Waals surface area contributed by atoms with Gasteiger partial charge in [0.25, 0.3) is 0 Å². The van der Waals surface area contributed by atoms with Crippen molar-refractivity contribution in [3.8, 4) is 0 Å². The van der Waals surface area contributed by atoms with Gasteiger partial charge in [-0.1, -0.05) is 0 Å². The topological polar surface area (TPSA) is 71.3 Å². The highest BCUT2D eigenvalue weighted by Crippen LogP contribution is 2.24. The Bertz CT molecular complexity index is 435. The molecule has 1 atom stereocenters. The zero-order chi connectivity index (χ0) is 12.4. The van der Waals surface area contributed by atoms with E-state index in [4.69, 9.17) is 0 Å². The van der Waals surface area contributed by atoms with Crippen LogP contribution < -0.4 is 5.32 Å². The predicted molar refractivity (Wildman–Crippen MR) is 65.2 cm³/mol. The SMILES string of the molecule is Cc1cnc(NC2CCN(C)C2)c([N+](=O)[O-])c1. The van der Waals surface area contributed by atoms with E-state index >= 15 is 0 Å². The summed E-state index contributed by atoms with van der Waals surface area (Å²) in [6.07, 6.45) is 2.64. The molecule has 6 nitrogen and oxygen atoms in total. The van der Waals surface area contributed by atoms with E-state index < -0.39 is 0 Å². The lowest BCUT2D eigenvalue weighted by Gasteiger charge is -2.13. The van der Waals surface area contributed by atoms with Crippen LogP contribution >= 0.6 is 0 Å². The summed E-state index contributed by atoms with van der Waals surface area (Å²) in [5.74, 6) is 0.376. The highest BCUT2D eigenvalue weighted by molar-refractivity contribution is 5.57. The van der Waals surface area contributed by atoms with Crippen molar-refractivity contribution in [2.75, 3.05) is 25.5 Å². The lowest BCUT2D eigenvalue weighted by molar-refractivity contribution is -0.384. The summed E-state index contributed by atoms with van der Waals surface area (Å²) in [6, 6.07) is 1.79. The van der Waals surface area contributed by atoms with Gasteiger partial charge in [-0.15, -0.1) is 0 Å². The van der Waals surface area contributed by atoms with E-state index in [1.165, 1.54) is 0 Å². The van der Waals surface area contributed by atoms with E-state index in [-0.39, 0.29) is 16.7 Å². The molecule has 0 amide bonds. The second-order valence-corrected chi connectivity index (χ2v) is 4.53. The first-order valence-corrected chi connectivity index (χ1v) is 5.62. The molecule has 1 aromatic rings. The second kappa shape index (κ2) is 4.67. The Morgan fingerprint density at radius 3 is 3.00 bits per heavy atom. The summed E-state index contributed by atoms with van der Waals surface area (Å²) in [7, 11) is 2.04. The molecule has 2 heterocycles. The summed E-state index contributed by atoms with van der Waals surface area (Å²) in [4.78, 5) is 16.8. The molecule has 1 aromatic heterocycles. The molecule has 1 aliphatic heterocycles. The number of hydrogen-bond donors (Lipinski definition) is 1. The maximum absolute atomic E-state index is 10.9. The van der Waals surface area contributed by atoms with Crippen LogP contribution in [0.15, 0.2) is 12.3 Å². The van der Waals surface area contributed by atoms with E-state index in [2.05, 4.69) is 15.2 Å². The minimum atomic E-state index is -0.388. The first-order valence-electron chi connectivity index (χ1n) is 5.62. The number of likely N-dealkylation sites (tertiary alicyclic amines) is 1. The molecule has 17 heavy (non-hydrogen) atoms. The molecule has 1 fully saturated rings. The first kappa shape index (κ1) is 11.8. The number of likely N-dealkylation sites (N-methyl/N-ethyl adjacent to an activating group) is 1. The normalized spacial score (nSPS) is 20.5. The fourth-order valence-electron chi connectivity index (χ4n) is 2.05. The zero-order valence-electron chi connectivity index (χ0n) is 10.0. The fraction of sp³-hybridized carbons (Fsp3) is 0.545. The van der Waals surface area contributed by atoms with Crippen LogP contribution in [0.2, 0.25) is 0 Å². The minimum Gasteiger partial charge on any atom is -0.360 e. The van der Waals surface area contributed by atoms with E-state index in [1.54, 1.807) is 19.2 Å². The molecule has 0 spiro atoms. The van der Waals surface area contributed by atoms with Crippen molar-refractivity contribution in [1.29, 1.82) is 0 Å². The van der Waals surface area contributed by atoms with Gasteiger partial charge >= 0.3 is 5.69 Å². The van der Waals surface area contributed by atoms with Gasteiger partial charge in [0.05, 0.1) is 4.92 Å². The second-order valence-electron chi connectivity index (χ2n) is 4.53. The van der Waals surface area contributed by atoms with Crippen molar-refractivity contribution in [1.82, 2.24) is 9.88 Å². The Labute approximate surface area is 99.8 Å². The molecular formula is C11H16N4O2. The third-order valence-corrected chi connectivity index (χ3v) is 2.93. The van der Waals surface area contributed by atoms with Gasteiger partial charge < -0.3 is 10.2 Å². The standard InChI is InChI=1S/C11H16N4O2/c1-8-5-10(15(16)17)11(12-6-8)13-9-3-4-14(2)7-9/h5-6,9H,3-4,7H2,1-2H3,(H,12,13). The molecular weight excluding hydrogens is 220 g/mol. The van der Waals surface area contributed by atoms with Gasteiger partial charge in [-0.25, -0.2) is 4.98 Å². The molecule has 0 aromatic carbocycles. The van der Waals surface area contributed by atoms with Crippen LogP contribution in [0.1, 0.15) is 12.0 Å². The number of anilines is 1. The maximum atomic E-state index is 10.9. The largest absolute Gasteiger partial charge is 0.360 e. The molecule has 0 radical (unpaired) electrons. The van der Waals surface area contributed by atoms with Gasteiger partial charge in [0.2, 0.25) is 5.82 Å². The Kier molecular flexibility index (Phi) is 3.23. The highest BCUT2D eigenvalue weighted by Gasteiger charge is 2.23. The van der Waals surface area contributed by atoms with Crippen LogP contribution in [0.25, 0.3) is 0 Å². The van der Waals surface area contributed by atoms with E-state index in [0.717, 1.165) is 25.1 Å². The van der Waals surface area contributed by atoms with Gasteiger partial charge in [-0.2, -0.15) is 0 Å². The Morgan fingerprint density at radius 2 is 2.41 bits per heavy atom. The van der Waals surface area contributed by atoms with Crippen molar-refractivity contribution in [3.63, 3.8) is 0 Å². The van der Waals surface area contributed by atoms with Crippen LogP contribution in [0.5, 0.6) is 0 Å².